The molecule has 1 aliphatic rings. The maximum absolute atomic E-state index is 13.9. The van der Waals surface area contributed by atoms with E-state index in [1.54, 1.807) is 13.1 Å². The summed E-state index contributed by atoms with van der Waals surface area (Å²) in [5.41, 5.74) is 1.52. The third-order valence-electron chi connectivity index (χ3n) is 9.66. The maximum Gasteiger partial charge on any atom is 0.244 e. The fourth-order valence-corrected chi connectivity index (χ4v) is 6.53. The van der Waals surface area contributed by atoms with Gasteiger partial charge in [0.25, 0.3) is 0 Å². The zero-order chi connectivity index (χ0) is 42.4. The molecule has 8 amide bonds. The number of para-hydroxylation sites is 1. The molecule has 0 unspecified atom stereocenters. The third kappa shape index (κ3) is 14.1. The number of aromatic nitrogens is 1. The fourth-order valence-electron chi connectivity index (χ4n) is 6.27. The van der Waals surface area contributed by atoms with Gasteiger partial charge in [-0.25, -0.2) is 0 Å². The molecular weight excluding hydrogens is 755 g/mol. The van der Waals surface area contributed by atoms with Crippen molar-refractivity contribution in [3.63, 3.8) is 0 Å². The molecule has 1 aromatic heterocycles. The van der Waals surface area contributed by atoms with Gasteiger partial charge in [0, 0.05) is 29.3 Å². The van der Waals surface area contributed by atoms with Crippen molar-refractivity contribution in [3.8, 4) is 0 Å². The van der Waals surface area contributed by atoms with Crippen molar-refractivity contribution in [3.05, 3.63) is 36.0 Å². The molecule has 7 atom stereocenters. The molecule has 17 nitrogen and oxygen atoms in total. The second-order valence-electron chi connectivity index (χ2n) is 15.4. The minimum atomic E-state index is -1.21. The Bertz CT molecular complexity index is 1770. The van der Waals surface area contributed by atoms with Crippen LogP contribution in [-0.4, -0.2) is 107 Å². The van der Waals surface area contributed by atoms with Crippen molar-refractivity contribution in [2.75, 3.05) is 18.8 Å². The predicted molar refractivity (Wildman–Crippen MR) is 217 cm³/mol. The van der Waals surface area contributed by atoms with Crippen LogP contribution in [0.5, 0.6) is 0 Å². The first kappa shape index (κ1) is 46.3. The number of fused-ring (bicyclic) bond motifs is 1. The van der Waals surface area contributed by atoms with Crippen molar-refractivity contribution in [1.29, 1.82) is 0 Å². The topological polar surface area (TPSA) is 249 Å². The summed E-state index contributed by atoms with van der Waals surface area (Å²) in [4.78, 5) is 111. The second-order valence-corrected chi connectivity index (χ2v) is 15.8. The fraction of sp³-hybridized carbons (Fsp3) is 0.590. The molecule has 1 aliphatic heterocycles. The normalized spacial score (nSPS) is 24.9. The molecule has 2 aromatic rings. The Morgan fingerprint density at radius 3 is 1.82 bits per heavy atom. The Hall–Kier alpha value is -5.13. The molecule has 314 valence electrons. The van der Waals surface area contributed by atoms with Gasteiger partial charge in [0.1, 0.15) is 36.3 Å². The van der Waals surface area contributed by atoms with E-state index in [1.807, 2.05) is 58.9 Å². The van der Waals surface area contributed by atoms with Gasteiger partial charge in [-0.05, 0) is 49.1 Å². The van der Waals surface area contributed by atoms with Crippen LogP contribution in [0.4, 0.5) is 0 Å². The number of H-pyrrole nitrogens is 1. The molecule has 1 aromatic carbocycles. The van der Waals surface area contributed by atoms with Crippen LogP contribution < -0.4 is 42.5 Å². The molecule has 3 rings (SSSR count). The number of hydrogen-bond donors (Lipinski definition) is 10. The molecule has 1 fully saturated rings. The van der Waals surface area contributed by atoms with E-state index in [4.69, 9.17) is 0 Å². The van der Waals surface area contributed by atoms with E-state index >= 15 is 0 Å². The maximum atomic E-state index is 13.9. The summed E-state index contributed by atoms with van der Waals surface area (Å²) in [6, 6.07) is 0.533. The third-order valence-corrected chi connectivity index (χ3v) is 10.0. The van der Waals surface area contributed by atoms with E-state index in [0.29, 0.717) is 12.0 Å². The SMILES string of the molecule is CC[C@H](C)[C@@H]1NC(=O)[C@H](CS)NC(=O)[C@H](C)NC(=O)[C@H](CC(C)C)NC(=O)[C@H](Cc2c[nH]c3ccccc23)NC(=O)CNC(=O)CNC(=O)[C@H](CC(C)C)NC1=O. The highest BCUT2D eigenvalue weighted by molar-refractivity contribution is 7.80. The van der Waals surface area contributed by atoms with Crippen LogP contribution in [0.1, 0.15) is 73.3 Å². The van der Waals surface area contributed by atoms with Gasteiger partial charge in [-0.3, -0.25) is 38.4 Å². The molecule has 0 spiro atoms. The average Bonchev–Trinajstić information content (AvgIpc) is 3.57. The first-order valence-corrected chi connectivity index (χ1v) is 20.1. The van der Waals surface area contributed by atoms with Crippen LogP contribution in [0.2, 0.25) is 0 Å². The summed E-state index contributed by atoms with van der Waals surface area (Å²) >= 11 is 4.25. The van der Waals surface area contributed by atoms with Crippen LogP contribution in [-0.2, 0) is 44.8 Å². The number of amides is 8. The van der Waals surface area contributed by atoms with Gasteiger partial charge >= 0.3 is 0 Å². The number of benzene rings is 1. The minimum Gasteiger partial charge on any atom is -0.361 e. The first-order chi connectivity index (χ1) is 26.9. The monoisotopic (exact) mass is 813 g/mol. The van der Waals surface area contributed by atoms with Crippen LogP contribution >= 0.6 is 12.6 Å². The minimum absolute atomic E-state index is 0.0223. The highest BCUT2D eigenvalue weighted by Gasteiger charge is 2.34. The lowest BCUT2D eigenvalue weighted by Crippen LogP contribution is -2.61. The summed E-state index contributed by atoms with van der Waals surface area (Å²) in [5.74, 6) is -6.15. The van der Waals surface area contributed by atoms with Gasteiger partial charge in [0.2, 0.25) is 47.3 Å². The molecule has 0 bridgehead atoms. The molecule has 0 aliphatic carbocycles. The van der Waals surface area contributed by atoms with Crippen molar-refractivity contribution < 1.29 is 38.4 Å². The number of rotatable bonds is 9. The second kappa shape index (κ2) is 22.0. The van der Waals surface area contributed by atoms with Crippen molar-refractivity contribution in [2.45, 2.75) is 110 Å². The molecule has 1 saturated heterocycles. The highest BCUT2D eigenvalue weighted by atomic mass is 32.1. The molecular formula is C39H59N9O8S. The summed E-state index contributed by atoms with van der Waals surface area (Å²) in [6.45, 7) is 11.3. The highest BCUT2D eigenvalue weighted by Crippen LogP contribution is 2.20. The van der Waals surface area contributed by atoms with Gasteiger partial charge in [0.05, 0.1) is 13.1 Å². The van der Waals surface area contributed by atoms with Crippen LogP contribution in [0, 0.1) is 17.8 Å². The first-order valence-electron chi connectivity index (χ1n) is 19.4. The Kier molecular flexibility index (Phi) is 17.8. The molecule has 9 N–H and O–H groups in total. The van der Waals surface area contributed by atoms with Crippen molar-refractivity contribution in [1.82, 2.24) is 47.5 Å². The van der Waals surface area contributed by atoms with Gasteiger partial charge in [-0.2, -0.15) is 12.6 Å². The molecule has 0 radical (unpaired) electrons. The lowest BCUT2D eigenvalue weighted by Gasteiger charge is -2.29. The number of nitrogens with one attached hydrogen (secondary N) is 9. The molecule has 57 heavy (non-hydrogen) atoms. The van der Waals surface area contributed by atoms with E-state index in [1.165, 1.54) is 6.92 Å². The number of carbonyl (C=O) groups is 8. The van der Waals surface area contributed by atoms with Crippen LogP contribution in [0.15, 0.2) is 30.5 Å². The van der Waals surface area contributed by atoms with Gasteiger partial charge in [-0.1, -0.05) is 66.2 Å². The van der Waals surface area contributed by atoms with Crippen LogP contribution in [0.3, 0.4) is 0 Å². The Labute approximate surface area is 338 Å². The van der Waals surface area contributed by atoms with E-state index in [9.17, 15) is 38.4 Å². The standard InChI is InChI=1S/C39H59N9O8S/c1-8-22(6)33-39(56)46-27(13-20(2)3)35(52)42-17-31(49)41-18-32(50)44-29(15-24-16-40-26-12-10-9-11-25(24)26)37(54)45-28(14-21(4)5)36(53)43-23(7)34(51)47-30(19-57)38(55)48-33/h9-12,16,20-23,27-30,33,40,57H,8,13-15,17-19H2,1-7H3,(H,41,49)(H,42,52)(H,43,53)(H,44,50)(H,45,54)(H,46,56)(H,47,51)(H,48,55)/t22-,23-,27-,28-,29-,30-,33-/m0/s1. The summed E-state index contributed by atoms with van der Waals surface area (Å²) in [5, 5.41) is 21.8. The number of aromatic amines is 1. The summed E-state index contributed by atoms with van der Waals surface area (Å²) in [7, 11) is 0. The Morgan fingerprint density at radius 2 is 1.19 bits per heavy atom. The van der Waals surface area contributed by atoms with E-state index in [2.05, 4.69) is 60.1 Å². The molecule has 0 saturated carbocycles. The lowest BCUT2D eigenvalue weighted by atomic mass is 9.96. The number of carbonyl (C=O) groups excluding carboxylic acids is 8. The van der Waals surface area contributed by atoms with Gasteiger partial charge < -0.3 is 47.5 Å². The van der Waals surface area contributed by atoms with Crippen LogP contribution in [0.25, 0.3) is 10.9 Å². The number of thiol groups is 1. The van der Waals surface area contributed by atoms with E-state index in [0.717, 1.165) is 10.9 Å². The molecule has 18 heteroatoms. The van der Waals surface area contributed by atoms with Crippen molar-refractivity contribution in [2.24, 2.45) is 17.8 Å². The van der Waals surface area contributed by atoms with Crippen molar-refractivity contribution >= 4 is 70.8 Å². The number of hydrogen-bond acceptors (Lipinski definition) is 9. The Morgan fingerprint density at radius 1 is 0.632 bits per heavy atom. The predicted octanol–water partition coefficient (Wildman–Crippen LogP) is -0.0468. The van der Waals surface area contributed by atoms with E-state index < -0.39 is 103 Å². The zero-order valence-corrected chi connectivity index (χ0v) is 34.6. The Balaban J connectivity index is 1.97. The van der Waals surface area contributed by atoms with Gasteiger partial charge in [-0.15, -0.1) is 0 Å². The quantitative estimate of drug-likeness (QED) is 0.154. The van der Waals surface area contributed by atoms with E-state index in [-0.39, 0.29) is 36.9 Å². The molecule has 2 heterocycles. The summed E-state index contributed by atoms with van der Waals surface area (Å²) < 4.78 is 0. The summed E-state index contributed by atoms with van der Waals surface area (Å²) in [6.07, 6.45) is 2.61. The zero-order valence-electron chi connectivity index (χ0n) is 33.7. The average molecular weight is 814 g/mol. The smallest absolute Gasteiger partial charge is 0.244 e. The van der Waals surface area contributed by atoms with Gasteiger partial charge in [0.15, 0.2) is 0 Å². The largest absolute Gasteiger partial charge is 0.361 e. The lowest BCUT2D eigenvalue weighted by molar-refractivity contribution is -0.136.